The number of rotatable bonds is 3. The molecule has 13 heavy (non-hydrogen) atoms. The molecule has 1 heterocycles. The molecule has 0 aliphatic rings. The standard InChI is InChI=1S/C11H18N2/c1-5-9-7-10(8(3)4)13-11(6-2)12-9/h7-8H,5-6H2,1-4H3. The largest absolute Gasteiger partial charge is 0.238 e. The van der Waals surface area contributed by atoms with Gasteiger partial charge in [0.1, 0.15) is 5.82 Å². The van der Waals surface area contributed by atoms with Crippen LogP contribution in [-0.4, -0.2) is 9.97 Å². The highest BCUT2D eigenvalue weighted by Crippen LogP contribution is 2.13. The maximum absolute atomic E-state index is 4.49. The van der Waals surface area contributed by atoms with E-state index in [9.17, 15) is 0 Å². The normalized spacial score (nSPS) is 10.8. The molecule has 1 aromatic heterocycles. The predicted molar refractivity (Wildman–Crippen MR) is 54.9 cm³/mol. The van der Waals surface area contributed by atoms with Crippen molar-refractivity contribution in [3.8, 4) is 0 Å². The minimum Gasteiger partial charge on any atom is -0.238 e. The van der Waals surface area contributed by atoms with Gasteiger partial charge in [-0.1, -0.05) is 27.7 Å². The van der Waals surface area contributed by atoms with E-state index in [1.54, 1.807) is 0 Å². The number of nitrogens with zero attached hydrogens (tertiary/aromatic N) is 2. The molecule has 0 atom stereocenters. The van der Waals surface area contributed by atoms with Crippen LogP contribution in [0, 0.1) is 0 Å². The van der Waals surface area contributed by atoms with Crippen molar-refractivity contribution in [3.63, 3.8) is 0 Å². The summed E-state index contributed by atoms with van der Waals surface area (Å²) in [5, 5.41) is 0. The highest BCUT2D eigenvalue weighted by molar-refractivity contribution is 5.14. The fourth-order valence-electron chi connectivity index (χ4n) is 1.21. The van der Waals surface area contributed by atoms with Crippen molar-refractivity contribution in [2.45, 2.75) is 46.5 Å². The first-order valence-corrected chi connectivity index (χ1v) is 5.04. The SMILES string of the molecule is CCc1cc(C(C)C)nc(CC)n1. The van der Waals surface area contributed by atoms with E-state index in [0.717, 1.165) is 24.4 Å². The fraction of sp³-hybridized carbons (Fsp3) is 0.636. The Morgan fingerprint density at radius 1 is 1.15 bits per heavy atom. The van der Waals surface area contributed by atoms with Crippen molar-refractivity contribution in [2.24, 2.45) is 0 Å². The Bertz CT molecular complexity index is 257. The number of hydrogen-bond donors (Lipinski definition) is 0. The summed E-state index contributed by atoms with van der Waals surface area (Å²) in [6.45, 7) is 8.56. The molecule has 0 fully saturated rings. The van der Waals surface area contributed by atoms with Crippen LogP contribution < -0.4 is 0 Å². The average Bonchev–Trinajstić information content (AvgIpc) is 2.16. The molecule has 2 nitrogen and oxygen atoms in total. The summed E-state index contributed by atoms with van der Waals surface area (Å²) in [4.78, 5) is 8.93. The van der Waals surface area contributed by atoms with Gasteiger partial charge in [-0.2, -0.15) is 0 Å². The highest BCUT2D eigenvalue weighted by Gasteiger charge is 2.05. The van der Waals surface area contributed by atoms with Crippen LogP contribution in [0.4, 0.5) is 0 Å². The second kappa shape index (κ2) is 4.35. The molecule has 1 rings (SSSR count). The molecular formula is C11H18N2. The third kappa shape index (κ3) is 2.51. The van der Waals surface area contributed by atoms with E-state index in [1.807, 2.05) is 0 Å². The van der Waals surface area contributed by atoms with E-state index in [4.69, 9.17) is 0 Å². The highest BCUT2D eigenvalue weighted by atomic mass is 14.9. The molecule has 0 amide bonds. The van der Waals surface area contributed by atoms with Gasteiger partial charge in [0.05, 0.1) is 0 Å². The molecule has 0 N–H and O–H groups in total. The molecule has 0 unspecified atom stereocenters. The number of aryl methyl sites for hydroxylation is 2. The molecule has 0 aliphatic carbocycles. The zero-order chi connectivity index (χ0) is 9.84. The van der Waals surface area contributed by atoms with E-state index in [0.29, 0.717) is 5.92 Å². The second-order valence-corrected chi connectivity index (χ2v) is 3.56. The minimum atomic E-state index is 0.499. The first-order valence-electron chi connectivity index (χ1n) is 5.04. The Kier molecular flexibility index (Phi) is 3.40. The van der Waals surface area contributed by atoms with Gasteiger partial charge in [0, 0.05) is 17.8 Å². The van der Waals surface area contributed by atoms with Crippen LogP contribution in [0.25, 0.3) is 0 Å². The summed E-state index contributed by atoms with van der Waals surface area (Å²) in [6.07, 6.45) is 1.92. The average molecular weight is 178 g/mol. The Morgan fingerprint density at radius 2 is 1.85 bits per heavy atom. The van der Waals surface area contributed by atoms with Gasteiger partial charge in [0.25, 0.3) is 0 Å². The Morgan fingerprint density at radius 3 is 2.31 bits per heavy atom. The van der Waals surface area contributed by atoms with Gasteiger partial charge >= 0.3 is 0 Å². The Labute approximate surface area is 80.4 Å². The minimum absolute atomic E-state index is 0.499. The fourth-order valence-corrected chi connectivity index (χ4v) is 1.21. The smallest absolute Gasteiger partial charge is 0.128 e. The van der Waals surface area contributed by atoms with Gasteiger partial charge in [-0.05, 0) is 18.4 Å². The van der Waals surface area contributed by atoms with E-state index < -0.39 is 0 Å². The zero-order valence-electron chi connectivity index (χ0n) is 8.96. The van der Waals surface area contributed by atoms with Crippen molar-refractivity contribution in [1.82, 2.24) is 9.97 Å². The summed E-state index contributed by atoms with van der Waals surface area (Å²) < 4.78 is 0. The third-order valence-electron chi connectivity index (χ3n) is 2.12. The molecule has 0 bridgehead atoms. The predicted octanol–water partition coefficient (Wildman–Crippen LogP) is 2.72. The van der Waals surface area contributed by atoms with Crippen molar-refractivity contribution in [2.75, 3.05) is 0 Å². The van der Waals surface area contributed by atoms with Gasteiger partial charge in [-0.25, -0.2) is 9.97 Å². The first kappa shape index (κ1) is 10.2. The molecule has 0 aromatic carbocycles. The third-order valence-corrected chi connectivity index (χ3v) is 2.12. The van der Waals surface area contributed by atoms with Crippen LogP contribution >= 0.6 is 0 Å². The van der Waals surface area contributed by atoms with Crippen molar-refractivity contribution >= 4 is 0 Å². The maximum atomic E-state index is 4.49. The van der Waals surface area contributed by atoms with E-state index in [-0.39, 0.29) is 0 Å². The lowest BCUT2D eigenvalue weighted by Gasteiger charge is -2.08. The molecule has 0 radical (unpaired) electrons. The van der Waals surface area contributed by atoms with Crippen LogP contribution in [-0.2, 0) is 12.8 Å². The van der Waals surface area contributed by atoms with Gasteiger partial charge in [-0.15, -0.1) is 0 Å². The summed E-state index contributed by atoms with van der Waals surface area (Å²) >= 11 is 0. The molecule has 0 spiro atoms. The second-order valence-electron chi connectivity index (χ2n) is 3.56. The molecule has 1 aromatic rings. The summed E-state index contributed by atoms with van der Waals surface area (Å²) in [5.41, 5.74) is 2.33. The van der Waals surface area contributed by atoms with E-state index in [2.05, 4.69) is 43.7 Å². The van der Waals surface area contributed by atoms with Gasteiger partial charge in [-0.3, -0.25) is 0 Å². The zero-order valence-corrected chi connectivity index (χ0v) is 8.96. The number of aromatic nitrogens is 2. The van der Waals surface area contributed by atoms with Gasteiger partial charge in [0.2, 0.25) is 0 Å². The lowest BCUT2D eigenvalue weighted by molar-refractivity contribution is 0.771. The molecular weight excluding hydrogens is 160 g/mol. The topological polar surface area (TPSA) is 25.8 Å². The lowest BCUT2D eigenvalue weighted by Crippen LogP contribution is -2.03. The van der Waals surface area contributed by atoms with Crippen LogP contribution in [0.1, 0.15) is 50.8 Å². The van der Waals surface area contributed by atoms with Crippen LogP contribution in [0.2, 0.25) is 0 Å². The van der Waals surface area contributed by atoms with Gasteiger partial charge < -0.3 is 0 Å². The van der Waals surface area contributed by atoms with Crippen LogP contribution in [0.3, 0.4) is 0 Å². The van der Waals surface area contributed by atoms with Crippen molar-refractivity contribution < 1.29 is 0 Å². The van der Waals surface area contributed by atoms with Crippen LogP contribution in [0.5, 0.6) is 0 Å². The molecule has 0 aliphatic heterocycles. The molecule has 72 valence electrons. The Hall–Kier alpha value is -0.920. The van der Waals surface area contributed by atoms with E-state index >= 15 is 0 Å². The number of hydrogen-bond acceptors (Lipinski definition) is 2. The van der Waals surface area contributed by atoms with Crippen molar-refractivity contribution in [3.05, 3.63) is 23.3 Å². The summed E-state index contributed by atoms with van der Waals surface area (Å²) in [6, 6.07) is 2.11. The van der Waals surface area contributed by atoms with E-state index in [1.165, 1.54) is 5.69 Å². The monoisotopic (exact) mass is 178 g/mol. The Balaban J connectivity index is 3.07. The summed E-state index contributed by atoms with van der Waals surface area (Å²) in [7, 11) is 0. The molecule has 0 saturated heterocycles. The quantitative estimate of drug-likeness (QED) is 0.711. The van der Waals surface area contributed by atoms with Gasteiger partial charge in [0.15, 0.2) is 0 Å². The summed E-state index contributed by atoms with van der Waals surface area (Å²) in [5.74, 6) is 1.47. The van der Waals surface area contributed by atoms with Crippen LogP contribution in [0.15, 0.2) is 6.07 Å². The van der Waals surface area contributed by atoms with Crippen molar-refractivity contribution in [1.29, 1.82) is 0 Å². The maximum Gasteiger partial charge on any atom is 0.128 e. The molecule has 0 saturated carbocycles. The molecule has 2 heteroatoms. The first-order chi connectivity index (χ1) is 6.17. The lowest BCUT2D eigenvalue weighted by atomic mass is 10.1.